The highest BCUT2D eigenvalue weighted by Crippen LogP contribution is 2.43. The number of rotatable bonds is 11. The van der Waals surface area contributed by atoms with Crippen molar-refractivity contribution in [3.8, 4) is 0 Å². The Labute approximate surface area is 176 Å². The van der Waals surface area contributed by atoms with Gasteiger partial charge < -0.3 is 19.9 Å². The molecule has 31 heavy (non-hydrogen) atoms. The lowest BCUT2D eigenvalue weighted by Gasteiger charge is -2.38. The second kappa shape index (κ2) is 11.0. The van der Waals surface area contributed by atoms with Gasteiger partial charge in [-0.25, -0.2) is 0 Å². The summed E-state index contributed by atoms with van der Waals surface area (Å²) in [6.45, 7) is 5.42. The number of halogens is 3. The molecule has 0 bridgehead atoms. The van der Waals surface area contributed by atoms with Gasteiger partial charge in [-0.3, -0.25) is 19.6 Å². The van der Waals surface area contributed by atoms with Gasteiger partial charge in [0, 0.05) is 18.0 Å². The van der Waals surface area contributed by atoms with Gasteiger partial charge in [0.2, 0.25) is 0 Å². The quantitative estimate of drug-likeness (QED) is 0.181. The van der Waals surface area contributed by atoms with E-state index in [0.717, 1.165) is 24.3 Å². The van der Waals surface area contributed by atoms with Gasteiger partial charge in [0.15, 0.2) is 5.41 Å². The SMILES string of the molecule is C=CCC(C(=O)OCC)(C(=O)OCC)C(CN([O-])O)c1ccc(C(=O)C(F)(F)F)cc1. The van der Waals surface area contributed by atoms with Crippen LogP contribution in [0.2, 0.25) is 0 Å². The highest BCUT2D eigenvalue weighted by atomic mass is 19.4. The molecule has 172 valence electrons. The van der Waals surface area contributed by atoms with Gasteiger partial charge in [0.1, 0.15) is 0 Å². The lowest BCUT2D eigenvalue weighted by molar-refractivity contribution is -0.176. The third-order valence-electron chi connectivity index (χ3n) is 4.51. The maximum absolute atomic E-state index is 12.9. The minimum absolute atomic E-state index is 0.0246. The molecular formula is C20H23F3NO7-. The summed E-state index contributed by atoms with van der Waals surface area (Å²) in [5.41, 5.74) is -2.81. The van der Waals surface area contributed by atoms with Crippen LogP contribution in [-0.2, 0) is 19.1 Å². The molecule has 0 radical (unpaired) electrons. The van der Waals surface area contributed by atoms with Crippen LogP contribution in [-0.4, -0.2) is 54.1 Å². The Hall–Kier alpha value is -2.76. The molecule has 11 heteroatoms. The van der Waals surface area contributed by atoms with Crippen LogP contribution >= 0.6 is 0 Å². The number of ether oxygens (including phenoxy) is 2. The molecule has 1 N–H and O–H groups in total. The number of nitrogens with zero attached hydrogens (tertiary/aromatic N) is 1. The number of alkyl halides is 3. The van der Waals surface area contributed by atoms with Crippen molar-refractivity contribution in [2.45, 2.75) is 32.4 Å². The largest absolute Gasteiger partial charge is 0.762 e. The Kier molecular flexibility index (Phi) is 9.35. The fourth-order valence-corrected chi connectivity index (χ4v) is 3.16. The average molecular weight is 446 g/mol. The van der Waals surface area contributed by atoms with E-state index < -0.39 is 52.6 Å². The van der Waals surface area contributed by atoms with Crippen molar-refractivity contribution in [1.82, 2.24) is 5.23 Å². The average Bonchev–Trinajstić information content (AvgIpc) is 2.69. The maximum Gasteiger partial charge on any atom is 0.454 e. The monoisotopic (exact) mass is 446 g/mol. The summed E-state index contributed by atoms with van der Waals surface area (Å²) in [4.78, 5) is 37.2. The van der Waals surface area contributed by atoms with Crippen molar-refractivity contribution in [2.75, 3.05) is 19.8 Å². The van der Waals surface area contributed by atoms with E-state index in [4.69, 9.17) is 9.47 Å². The number of allylic oxidation sites excluding steroid dienone is 1. The van der Waals surface area contributed by atoms with Gasteiger partial charge in [-0.15, -0.1) is 6.58 Å². The van der Waals surface area contributed by atoms with Crippen LogP contribution in [0.25, 0.3) is 0 Å². The van der Waals surface area contributed by atoms with Gasteiger partial charge in [0.25, 0.3) is 5.78 Å². The van der Waals surface area contributed by atoms with E-state index in [9.17, 15) is 38.0 Å². The molecule has 0 saturated heterocycles. The first-order chi connectivity index (χ1) is 14.4. The molecule has 1 unspecified atom stereocenters. The smallest absolute Gasteiger partial charge is 0.454 e. The third kappa shape index (κ3) is 6.12. The number of esters is 2. The highest BCUT2D eigenvalue weighted by Gasteiger charge is 2.54. The minimum Gasteiger partial charge on any atom is -0.762 e. The van der Waals surface area contributed by atoms with Crippen LogP contribution in [0.1, 0.15) is 42.1 Å². The van der Waals surface area contributed by atoms with Crippen molar-refractivity contribution in [2.24, 2.45) is 5.41 Å². The molecule has 0 amide bonds. The third-order valence-corrected chi connectivity index (χ3v) is 4.51. The lowest BCUT2D eigenvalue weighted by Crippen LogP contribution is -2.49. The van der Waals surface area contributed by atoms with Crippen molar-refractivity contribution < 1.29 is 42.2 Å². The zero-order chi connectivity index (χ0) is 23.8. The zero-order valence-corrected chi connectivity index (χ0v) is 17.0. The molecule has 1 aromatic rings. The number of Topliss-reactive ketones (excluding diaryl/α,β-unsaturated/α-hetero) is 1. The predicted molar refractivity (Wildman–Crippen MR) is 102 cm³/mol. The molecule has 0 spiro atoms. The minimum atomic E-state index is -5.10. The normalized spacial score (nSPS) is 12.9. The Morgan fingerprint density at radius 1 is 1.13 bits per heavy atom. The van der Waals surface area contributed by atoms with E-state index in [1.54, 1.807) is 0 Å². The maximum atomic E-state index is 12.9. The Balaban J connectivity index is 3.65. The van der Waals surface area contributed by atoms with Crippen LogP contribution in [0.15, 0.2) is 36.9 Å². The molecule has 0 heterocycles. The number of hydrogen-bond donors (Lipinski definition) is 1. The summed E-state index contributed by atoms with van der Waals surface area (Å²) in [5, 5.41) is 20.3. The second-order valence-electron chi connectivity index (χ2n) is 6.44. The standard InChI is InChI=1S/C20H23F3NO7/c1-4-11-19(17(26)30-5-2,18(27)31-6-3)15(12-24(28)29)13-7-9-14(10-8-13)16(25)20(21,22)23/h4,7-10,15,28H,1,5-6,11-12H2,2-3H3/q-1. The van der Waals surface area contributed by atoms with E-state index in [1.165, 1.54) is 19.9 Å². The molecular weight excluding hydrogens is 423 g/mol. The van der Waals surface area contributed by atoms with Crippen molar-refractivity contribution in [1.29, 1.82) is 0 Å². The van der Waals surface area contributed by atoms with Gasteiger partial charge >= 0.3 is 18.1 Å². The summed E-state index contributed by atoms with van der Waals surface area (Å²) in [6.07, 6.45) is -4.23. The molecule has 0 aromatic heterocycles. The Morgan fingerprint density at radius 2 is 1.61 bits per heavy atom. The van der Waals surface area contributed by atoms with Crippen molar-refractivity contribution >= 4 is 17.7 Å². The predicted octanol–water partition coefficient (Wildman–Crippen LogP) is 3.39. The first-order valence-electron chi connectivity index (χ1n) is 9.25. The van der Waals surface area contributed by atoms with Gasteiger partial charge in [-0.2, -0.15) is 13.2 Å². The van der Waals surface area contributed by atoms with E-state index >= 15 is 0 Å². The van der Waals surface area contributed by atoms with E-state index in [0.29, 0.717) is 0 Å². The van der Waals surface area contributed by atoms with Crippen LogP contribution in [0, 0.1) is 10.6 Å². The van der Waals surface area contributed by atoms with Gasteiger partial charge in [-0.1, -0.05) is 30.3 Å². The van der Waals surface area contributed by atoms with E-state index in [2.05, 4.69) is 6.58 Å². The second-order valence-corrected chi connectivity index (χ2v) is 6.44. The van der Waals surface area contributed by atoms with E-state index in [1.807, 2.05) is 0 Å². The molecule has 0 saturated carbocycles. The summed E-state index contributed by atoms with van der Waals surface area (Å²) >= 11 is 0. The van der Waals surface area contributed by atoms with Crippen molar-refractivity contribution in [3.05, 3.63) is 53.3 Å². The summed E-state index contributed by atoms with van der Waals surface area (Å²) in [5.74, 6) is -5.61. The first kappa shape index (κ1) is 26.3. The molecule has 1 aromatic carbocycles. The highest BCUT2D eigenvalue weighted by molar-refractivity contribution is 6.02. The molecule has 1 rings (SSSR count). The Bertz CT molecular complexity index is 773. The topological polar surface area (TPSA) is 116 Å². The number of carbonyl (C=O) groups is 3. The molecule has 8 nitrogen and oxygen atoms in total. The number of ketones is 1. The molecule has 1 atom stereocenters. The molecule has 0 fully saturated rings. The number of carbonyl (C=O) groups excluding carboxylic acids is 3. The van der Waals surface area contributed by atoms with Gasteiger partial charge in [-0.05, 0) is 25.8 Å². The fourth-order valence-electron chi connectivity index (χ4n) is 3.16. The summed E-state index contributed by atoms with van der Waals surface area (Å²) in [6, 6.07) is 3.81. The van der Waals surface area contributed by atoms with Crippen LogP contribution in [0.5, 0.6) is 0 Å². The zero-order valence-electron chi connectivity index (χ0n) is 17.0. The Morgan fingerprint density at radius 3 is 1.97 bits per heavy atom. The molecule has 0 aliphatic rings. The molecule has 0 aliphatic heterocycles. The number of hydrogen-bond acceptors (Lipinski definition) is 8. The van der Waals surface area contributed by atoms with Gasteiger partial charge in [0.05, 0.1) is 13.2 Å². The van der Waals surface area contributed by atoms with Crippen LogP contribution in [0.3, 0.4) is 0 Å². The summed E-state index contributed by atoms with van der Waals surface area (Å²) < 4.78 is 48.1. The first-order valence-corrected chi connectivity index (χ1v) is 9.25. The number of benzene rings is 1. The van der Waals surface area contributed by atoms with Crippen molar-refractivity contribution in [3.63, 3.8) is 0 Å². The van der Waals surface area contributed by atoms with E-state index in [-0.39, 0.29) is 25.2 Å². The molecule has 0 aliphatic carbocycles. The lowest BCUT2D eigenvalue weighted by atomic mass is 9.69. The van der Waals surface area contributed by atoms with Crippen LogP contribution < -0.4 is 0 Å². The summed E-state index contributed by atoms with van der Waals surface area (Å²) in [7, 11) is 0. The fraction of sp³-hybridized carbons (Fsp3) is 0.450. The van der Waals surface area contributed by atoms with Crippen LogP contribution in [0.4, 0.5) is 13.2 Å². The number of hydroxylamine groups is 2.